The maximum Gasteiger partial charge on any atom is 0.179 e. The molecule has 0 heterocycles. The van der Waals surface area contributed by atoms with Crippen molar-refractivity contribution < 1.29 is 4.57 Å². The lowest BCUT2D eigenvalue weighted by molar-refractivity contribution is 0.592. The average Bonchev–Trinajstić information content (AvgIpc) is 3.33. The Morgan fingerprint density at radius 1 is 0.254 bits per heavy atom. The van der Waals surface area contributed by atoms with Gasteiger partial charge in [0.05, 0.1) is 0 Å². The Bertz CT molecular complexity index is 2880. The predicted octanol–water partition coefficient (Wildman–Crippen LogP) is 10.3. The van der Waals surface area contributed by atoms with Crippen LogP contribution in [0.2, 0.25) is 0 Å². The molecule has 3 heteroatoms. The van der Waals surface area contributed by atoms with E-state index in [1.165, 1.54) is 59.0 Å². The fourth-order valence-corrected chi connectivity index (χ4v) is 16.7. The summed E-state index contributed by atoms with van der Waals surface area (Å²) in [5.41, 5.74) is 4.69. The van der Waals surface area contributed by atoms with Crippen molar-refractivity contribution in [1.82, 2.24) is 0 Å². The van der Waals surface area contributed by atoms with Crippen LogP contribution in [-0.2, 0) is 4.57 Å². The van der Waals surface area contributed by atoms with Gasteiger partial charge in [-0.1, -0.05) is 249 Å². The lowest BCUT2D eigenvalue weighted by atomic mass is 9.86. The smallest absolute Gasteiger partial charge is 0.179 e. The van der Waals surface area contributed by atoms with Gasteiger partial charge in [-0.05, 0) is 64.5 Å². The molecule has 0 aliphatic heterocycles. The van der Waals surface area contributed by atoms with Gasteiger partial charge in [0, 0.05) is 15.9 Å². The van der Waals surface area contributed by atoms with Crippen molar-refractivity contribution in [3.8, 4) is 22.3 Å². The predicted molar refractivity (Wildman–Crippen MR) is 255 cm³/mol. The van der Waals surface area contributed by atoms with Crippen molar-refractivity contribution in [1.29, 1.82) is 0 Å². The zero-order chi connectivity index (χ0) is 39.7. The van der Waals surface area contributed by atoms with Crippen LogP contribution in [0.15, 0.2) is 249 Å². The Kier molecular flexibility index (Phi) is 9.59. The van der Waals surface area contributed by atoms with Crippen LogP contribution in [0.25, 0.3) is 43.8 Å². The molecule has 0 saturated carbocycles. The third kappa shape index (κ3) is 6.21. The molecule has 10 aromatic rings. The number of benzene rings is 10. The number of hydrogen-bond donors (Lipinski definition) is 0. The SMILES string of the molecule is O=P(c1ccccc1)(c1ccccc1)c1ccc(-c2c3ccccc3c(-c3ccc([Si](c4ccccc4)(c4ccccc4)c4ccccc4)cc3)c3ccccc23)cc1. The van der Waals surface area contributed by atoms with E-state index in [2.05, 4.69) is 188 Å². The van der Waals surface area contributed by atoms with Crippen molar-refractivity contribution >= 4 is 73.4 Å². The summed E-state index contributed by atoms with van der Waals surface area (Å²) in [5.74, 6) is 0. The molecule has 0 amide bonds. The van der Waals surface area contributed by atoms with E-state index in [1.807, 2.05) is 60.7 Å². The highest BCUT2D eigenvalue weighted by Crippen LogP contribution is 2.45. The molecule has 280 valence electrons. The summed E-state index contributed by atoms with van der Waals surface area (Å²) in [6.07, 6.45) is 0. The van der Waals surface area contributed by atoms with E-state index in [-0.39, 0.29) is 0 Å². The summed E-state index contributed by atoms with van der Waals surface area (Å²) in [7, 11) is -5.77. The van der Waals surface area contributed by atoms with Gasteiger partial charge < -0.3 is 4.57 Å². The van der Waals surface area contributed by atoms with E-state index >= 15 is 4.57 Å². The first-order valence-electron chi connectivity index (χ1n) is 20.2. The summed E-state index contributed by atoms with van der Waals surface area (Å²) in [6.45, 7) is 0. The average molecular weight is 789 g/mol. The van der Waals surface area contributed by atoms with Crippen molar-refractivity contribution in [2.45, 2.75) is 0 Å². The second-order valence-corrected chi connectivity index (χ2v) is 21.7. The first-order valence-corrected chi connectivity index (χ1v) is 23.9. The van der Waals surface area contributed by atoms with Gasteiger partial charge in [0.25, 0.3) is 0 Å². The van der Waals surface area contributed by atoms with Gasteiger partial charge in [0.2, 0.25) is 0 Å². The minimum atomic E-state index is -3.10. The molecule has 0 spiro atoms. The first kappa shape index (κ1) is 36.5. The number of hydrogen-bond acceptors (Lipinski definition) is 1. The Labute approximate surface area is 347 Å². The molecule has 0 atom stereocenters. The minimum absolute atomic E-state index is 0.824. The van der Waals surface area contributed by atoms with E-state index in [0.29, 0.717) is 0 Å². The second kappa shape index (κ2) is 15.5. The molecule has 0 saturated heterocycles. The largest absolute Gasteiger partial charge is 0.309 e. The monoisotopic (exact) mass is 788 g/mol. The van der Waals surface area contributed by atoms with Crippen LogP contribution >= 0.6 is 7.14 Å². The summed E-state index contributed by atoms with van der Waals surface area (Å²) >= 11 is 0. The maximum absolute atomic E-state index is 15.2. The minimum Gasteiger partial charge on any atom is -0.309 e. The molecule has 0 unspecified atom stereocenters. The van der Waals surface area contributed by atoms with Crippen LogP contribution in [0, 0.1) is 0 Å². The van der Waals surface area contributed by atoms with Crippen LogP contribution in [-0.4, -0.2) is 8.07 Å². The maximum atomic E-state index is 15.2. The Hall–Kier alpha value is -6.83. The van der Waals surface area contributed by atoms with E-state index in [9.17, 15) is 0 Å². The van der Waals surface area contributed by atoms with Crippen molar-refractivity contribution in [3.05, 3.63) is 249 Å². The van der Waals surface area contributed by atoms with Gasteiger partial charge in [0.15, 0.2) is 15.2 Å². The molecule has 0 radical (unpaired) electrons. The summed E-state index contributed by atoms with van der Waals surface area (Å²) in [5, 5.41) is 12.7. The van der Waals surface area contributed by atoms with Crippen molar-refractivity contribution in [2.75, 3.05) is 0 Å². The van der Waals surface area contributed by atoms with Gasteiger partial charge in [-0.2, -0.15) is 0 Å². The van der Waals surface area contributed by atoms with Gasteiger partial charge >= 0.3 is 0 Å². The van der Waals surface area contributed by atoms with Crippen LogP contribution in [0.1, 0.15) is 0 Å². The highest BCUT2D eigenvalue weighted by atomic mass is 31.2. The van der Waals surface area contributed by atoms with Crippen molar-refractivity contribution in [2.24, 2.45) is 0 Å². The van der Waals surface area contributed by atoms with Gasteiger partial charge in [-0.15, -0.1) is 0 Å². The van der Waals surface area contributed by atoms with Gasteiger partial charge in [-0.3, -0.25) is 0 Å². The molecule has 0 fully saturated rings. The normalized spacial score (nSPS) is 11.8. The fraction of sp³-hybridized carbons (Fsp3) is 0. The number of rotatable bonds is 9. The van der Waals surface area contributed by atoms with E-state index in [0.717, 1.165) is 21.5 Å². The Balaban J connectivity index is 1.14. The van der Waals surface area contributed by atoms with Gasteiger partial charge in [0.1, 0.15) is 0 Å². The van der Waals surface area contributed by atoms with Crippen LogP contribution in [0.3, 0.4) is 0 Å². The molecule has 10 aromatic carbocycles. The van der Waals surface area contributed by atoms with E-state index in [4.69, 9.17) is 0 Å². The van der Waals surface area contributed by atoms with Crippen LogP contribution in [0.4, 0.5) is 0 Å². The molecule has 0 bridgehead atoms. The molecule has 0 aliphatic rings. The lowest BCUT2D eigenvalue weighted by Crippen LogP contribution is -2.74. The standard InChI is InChI=1S/C56H41OPSi/c57-58(44-20-6-1-7-21-44,45-22-8-2-9-23-45)46-38-34-42(35-39-46)55-51-30-16-18-32-53(51)56(54-33-19-17-31-52(54)55)43-36-40-50(41-37-43)59(47-24-10-3-11-25-47,48-26-12-4-13-27-48)49-28-14-5-15-29-49/h1-41H. The number of fused-ring (bicyclic) bond motifs is 2. The van der Waals surface area contributed by atoms with E-state index in [1.54, 1.807) is 0 Å². The third-order valence-electron chi connectivity index (χ3n) is 11.9. The van der Waals surface area contributed by atoms with Crippen molar-refractivity contribution in [3.63, 3.8) is 0 Å². The molecule has 59 heavy (non-hydrogen) atoms. The van der Waals surface area contributed by atoms with Crippen LogP contribution < -0.4 is 36.7 Å². The topological polar surface area (TPSA) is 17.1 Å². The Morgan fingerprint density at radius 2 is 0.508 bits per heavy atom. The zero-order valence-corrected chi connectivity index (χ0v) is 34.4. The fourth-order valence-electron chi connectivity index (χ4n) is 9.26. The van der Waals surface area contributed by atoms with E-state index < -0.39 is 15.2 Å². The van der Waals surface area contributed by atoms with Crippen LogP contribution in [0.5, 0.6) is 0 Å². The molecule has 0 aliphatic carbocycles. The first-order chi connectivity index (χ1) is 29.2. The molecule has 10 rings (SSSR count). The highest BCUT2D eigenvalue weighted by molar-refractivity contribution is 7.85. The highest BCUT2D eigenvalue weighted by Gasteiger charge is 2.41. The lowest BCUT2D eigenvalue weighted by Gasteiger charge is -2.34. The summed E-state index contributed by atoms with van der Waals surface area (Å²) in [6, 6.07) is 88.6. The summed E-state index contributed by atoms with van der Waals surface area (Å²) < 4.78 is 15.2. The quantitative estimate of drug-likeness (QED) is 0.0616. The Morgan fingerprint density at radius 3 is 0.847 bits per heavy atom. The molecular weight excluding hydrogens is 748 g/mol. The molecule has 0 N–H and O–H groups in total. The van der Waals surface area contributed by atoms with Gasteiger partial charge in [-0.25, -0.2) is 0 Å². The molecule has 1 nitrogen and oxygen atoms in total. The third-order valence-corrected chi connectivity index (χ3v) is 19.8. The molecular formula is C56H41OPSi. The summed E-state index contributed by atoms with van der Waals surface area (Å²) in [4.78, 5) is 0. The zero-order valence-electron chi connectivity index (χ0n) is 32.5. The second-order valence-electron chi connectivity index (χ2n) is 15.1. The molecule has 0 aromatic heterocycles.